The van der Waals surface area contributed by atoms with E-state index in [4.69, 9.17) is 12.2 Å². The lowest BCUT2D eigenvalue weighted by molar-refractivity contribution is -0.122. The van der Waals surface area contributed by atoms with Gasteiger partial charge >= 0.3 is 0 Å². The minimum Gasteiger partial charge on any atom is -0.395 e. The van der Waals surface area contributed by atoms with E-state index in [1.54, 1.807) is 23.2 Å². The van der Waals surface area contributed by atoms with Crippen molar-refractivity contribution in [3.8, 4) is 0 Å². The molecular formula is C21H26N4O3S2. The van der Waals surface area contributed by atoms with E-state index in [0.717, 1.165) is 31.2 Å². The number of nitrogens with zero attached hydrogens (tertiary/aromatic N) is 3. The monoisotopic (exact) mass is 446 g/mol. The molecule has 3 rings (SSSR count). The minimum absolute atomic E-state index is 0.103. The molecule has 0 aromatic carbocycles. The number of hydrogen-bond acceptors (Lipinski definition) is 7. The van der Waals surface area contributed by atoms with Gasteiger partial charge in [0.2, 0.25) is 0 Å². The van der Waals surface area contributed by atoms with Gasteiger partial charge in [-0.2, -0.15) is 0 Å². The predicted molar refractivity (Wildman–Crippen MR) is 126 cm³/mol. The molecule has 1 amide bonds. The van der Waals surface area contributed by atoms with Gasteiger partial charge in [-0.3, -0.25) is 18.9 Å². The van der Waals surface area contributed by atoms with E-state index >= 15 is 0 Å². The van der Waals surface area contributed by atoms with Crippen molar-refractivity contribution in [1.29, 1.82) is 0 Å². The average molecular weight is 447 g/mol. The van der Waals surface area contributed by atoms with Crippen LogP contribution < -0.4 is 10.9 Å². The maximum absolute atomic E-state index is 13.2. The molecule has 0 atom stereocenters. The number of fused-ring (bicyclic) bond motifs is 1. The second-order valence-electron chi connectivity index (χ2n) is 7.16. The molecule has 0 aliphatic carbocycles. The third-order valence-electron chi connectivity index (χ3n) is 4.79. The van der Waals surface area contributed by atoms with Crippen molar-refractivity contribution in [2.75, 3.05) is 25.0 Å². The van der Waals surface area contributed by atoms with Gasteiger partial charge in [-0.1, -0.05) is 56.2 Å². The van der Waals surface area contributed by atoms with Crippen molar-refractivity contribution in [3.63, 3.8) is 0 Å². The number of rotatable bonds is 9. The highest BCUT2D eigenvalue weighted by Gasteiger charge is 2.32. The molecule has 0 bridgehead atoms. The summed E-state index contributed by atoms with van der Waals surface area (Å²) < 4.78 is 1.98. The van der Waals surface area contributed by atoms with Gasteiger partial charge in [-0.15, -0.1) is 0 Å². The first-order valence-corrected chi connectivity index (χ1v) is 11.3. The lowest BCUT2D eigenvalue weighted by Crippen LogP contribution is -2.29. The summed E-state index contributed by atoms with van der Waals surface area (Å²) in [4.78, 5) is 32.6. The number of anilines is 1. The average Bonchev–Trinajstić information content (AvgIpc) is 2.99. The fourth-order valence-corrected chi connectivity index (χ4v) is 4.51. The number of pyridine rings is 1. The topological polar surface area (TPSA) is 86.9 Å². The normalized spacial score (nSPS) is 15.6. The van der Waals surface area contributed by atoms with Gasteiger partial charge in [0.25, 0.3) is 11.5 Å². The number of carbonyl (C=O) groups is 1. The van der Waals surface area contributed by atoms with Crippen LogP contribution in [0.2, 0.25) is 0 Å². The van der Waals surface area contributed by atoms with Crippen LogP contribution in [0.3, 0.4) is 0 Å². The maximum atomic E-state index is 13.2. The molecule has 1 aliphatic heterocycles. The van der Waals surface area contributed by atoms with Crippen LogP contribution in [0.15, 0.2) is 28.0 Å². The van der Waals surface area contributed by atoms with Crippen LogP contribution in [0.1, 0.15) is 43.7 Å². The largest absolute Gasteiger partial charge is 0.395 e. The lowest BCUT2D eigenvalue weighted by Gasteiger charge is -2.14. The third kappa shape index (κ3) is 4.91. The number of aliphatic hydroxyl groups is 1. The van der Waals surface area contributed by atoms with Crippen molar-refractivity contribution in [2.24, 2.45) is 0 Å². The number of thioether (sulfide) groups is 1. The number of aromatic nitrogens is 2. The molecule has 30 heavy (non-hydrogen) atoms. The highest BCUT2D eigenvalue weighted by Crippen LogP contribution is 2.33. The first kappa shape index (κ1) is 22.5. The van der Waals surface area contributed by atoms with E-state index < -0.39 is 0 Å². The number of unbranched alkanes of at least 4 members (excludes halogenated alkanes) is 3. The van der Waals surface area contributed by atoms with Crippen LogP contribution in [0, 0.1) is 6.92 Å². The summed E-state index contributed by atoms with van der Waals surface area (Å²) >= 11 is 6.60. The van der Waals surface area contributed by atoms with Crippen molar-refractivity contribution in [3.05, 3.63) is 44.7 Å². The Balaban J connectivity index is 1.97. The quantitative estimate of drug-likeness (QED) is 0.347. The summed E-state index contributed by atoms with van der Waals surface area (Å²) in [6.45, 7) is 4.77. The summed E-state index contributed by atoms with van der Waals surface area (Å²) in [6, 6.07) is 3.64. The molecular weight excluding hydrogens is 420 g/mol. The number of aryl methyl sites for hydroxylation is 1. The zero-order valence-corrected chi connectivity index (χ0v) is 18.8. The summed E-state index contributed by atoms with van der Waals surface area (Å²) in [5.74, 6) is 0.162. The fraction of sp³-hybridized carbons (Fsp3) is 0.429. The standard InChI is InChI=1S/C21H26N4O3S2/c1-3-4-5-6-10-24-20(28)16(30-21(24)29)12-15-18(22-9-11-26)23-17-8-7-14(2)13-25(17)19(15)27/h7-8,12-13,22,26H,3-6,9-11H2,1-2H3/b16-12+. The Morgan fingerprint density at radius 1 is 1.27 bits per heavy atom. The molecule has 3 heterocycles. The van der Waals surface area contributed by atoms with Gasteiger partial charge in [0.15, 0.2) is 0 Å². The zero-order chi connectivity index (χ0) is 21.7. The SMILES string of the molecule is CCCCCCN1C(=O)/C(=C\c2c(NCCO)nc3ccc(C)cn3c2=O)SC1=S. The minimum atomic E-state index is -0.280. The first-order valence-electron chi connectivity index (χ1n) is 10.1. The first-order chi connectivity index (χ1) is 14.5. The summed E-state index contributed by atoms with van der Waals surface area (Å²) in [5, 5.41) is 12.2. The second-order valence-corrected chi connectivity index (χ2v) is 8.83. The van der Waals surface area contributed by atoms with Crippen LogP contribution >= 0.6 is 24.0 Å². The Morgan fingerprint density at radius 3 is 2.80 bits per heavy atom. The smallest absolute Gasteiger partial charge is 0.267 e. The van der Waals surface area contributed by atoms with Crippen LogP contribution in [0.5, 0.6) is 0 Å². The van der Waals surface area contributed by atoms with Gasteiger partial charge < -0.3 is 10.4 Å². The van der Waals surface area contributed by atoms with E-state index in [1.165, 1.54) is 16.2 Å². The fourth-order valence-electron chi connectivity index (χ4n) is 3.22. The van der Waals surface area contributed by atoms with Crippen LogP contribution in [-0.4, -0.2) is 49.3 Å². The number of amides is 1. The Labute approximate surface area is 185 Å². The van der Waals surface area contributed by atoms with Gasteiger partial charge in [0.05, 0.1) is 17.1 Å². The van der Waals surface area contributed by atoms with E-state index in [9.17, 15) is 14.7 Å². The van der Waals surface area contributed by atoms with Gasteiger partial charge in [0.1, 0.15) is 15.8 Å². The maximum Gasteiger partial charge on any atom is 0.267 e. The van der Waals surface area contributed by atoms with Crippen LogP contribution in [-0.2, 0) is 4.79 Å². The number of carbonyl (C=O) groups excluding carboxylic acids is 1. The number of thiocarbonyl (C=S) groups is 1. The summed E-state index contributed by atoms with van der Waals surface area (Å²) in [5.41, 5.74) is 1.41. The van der Waals surface area contributed by atoms with E-state index in [0.29, 0.717) is 27.2 Å². The van der Waals surface area contributed by atoms with E-state index in [2.05, 4.69) is 17.2 Å². The highest BCUT2D eigenvalue weighted by atomic mass is 32.2. The lowest BCUT2D eigenvalue weighted by atomic mass is 10.2. The van der Waals surface area contributed by atoms with Crippen LogP contribution in [0.4, 0.5) is 5.82 Å². The summed E-state index contributed by atoms with van der Waals surface area (Å²) in [7, 11) is 0. The van der Waals surface area contributed by atoms with Gasteiger partial charge in [0, 0.05) is 19.3 Å². The van der Waals surface area contributed by atoms with Gasteiger partial charge in [-0.05, 0) is 31.1 Å². The zero-order valence-electron chi connectivity index (χ0n) is 17.2. The number of hydrogen-bond donors (Lipinski definition) is 2. The second kappa shape index (κ2) is 10.2. The molecule has 9 heteroatoms. The molecule has 0 spiro atoms. The predicted octanol–water partition coefficient (Wildman–Crippen LogP) is 3.19. The molecule has 2 aromatic heterocycles. The Kier molecular flexibility index (Phi) is 7.63. The molecule has 2 aromatic rings. The molecule has 1 fully saturated rings. The van der Waals surface area contributed by atoms with Gasteiger partial charge in [-0.25, -0.2) is 4.98 Å². The highest BCUT2D eigenvalue weighted by molar-refractivity contribution is 8.26. The molecule has 7 nitrogen and oxygen atoms in total. The van der Waals surface area contributed by atoms with Crippen molar-refractivity contribution < 1.29 is 9.90 Å². The number of aliphatic hydroxyl groups excluding tert-OH is 1. The van der Waals surface area contributed by atoms with E-state index in [-0.39, 0.29) is 30.2 Å². The van der Waals surface area contributed by atoms with Crippen LogP contribution in [0.25, 0.3) is 11.7 Å². The van der Waals surface area contributed by atoms with Crippen molar-refractivity contribution in [1.82, 2.24) is 14.3 Å². The molecule has 1 aliphatic rings. The van der Waals surface area contributed by atoms with E-state index in [1.807, 2.05) is 13.0 Å². The molecule has 2 N–H and O–H groups in total. The molecule has 160 valence electrons. The number of nitrogens with one attached hydrogen (secondary N) is 1. The third-order valence-corrected chi connectivity index (χ3v) is 6.17. The molecule has 0 radical (unpaired) electrons. The molecule has 0 saturated carbocycles. The molecule has 1 saturated heterocycles. The molecule has 0 unspecified atom stereocenters. The Hall–Kier alpha value is -2.23. The Bertz CT molecular complexity index is 1050. The summed E-state index contributed by atoms with van der Waals surface area (Å²) in [6.07, 6.45) is 7.49. The van der Waals surface area contributed by atoms with Crippen molar-refractivity contribution in [2.45, 2.75) is 39.5 Å². The van der Waals surface area contributed by atoms with Crippen molar-refractivity contribution >= 4 is 51.7 Å². The Morgan fingerprint density at radius 2 is 2.07 bits per heavy atom.